The lowest BCUT2D eigenvalue weighted by molar-refractivity contribution is 0.0609. The molecule has 0 aliphatic carbocycles. The quantitative estimate of drug-likeness (QED) is 0.734. The Hall–Kier alpha value is -2.91. The third-order valence-corrected chi connectivity index (χ3v) is 4.39. The lowest BCUT2D eigenvalue weighted by atomic mass is 10.2. The lowest BCUT2D eigenvalue weighted by Crippen LogP contribution is -2.46. The first-order valence-electron chi connectivity index (χ1n) is 8.95. The third-order valence-electron chi connectivity index (χ3n) is 4.39. The van der Waals surface area contributed by atoms with E-state index in [9.17, 15) is 4.79 Å². The number of aromatic nitrogens is 2. The summed E-state index contributed by atoms with van der Waals surface area (Å²) in [6.45, 7) is 1.34. The Morgan fingerprint density at radius 2 is 1.89 bits per heavy atom. The highest BCUT2D eigenvalue weighted by Gasteiger charge is 2.27. The third kappa shape index (κ3) is 4.68. The Labute approximate surface area is 163 Å². The van der Waals surface area contributed by atoms with Crippen LogP contribution in [-0.2, 0) is 4.74 Å². The number of benzene rings is 1. The molecular formula is C19H24N4O5. The molecule has 1 fully saturated rings. The van der Waals surface area contributed by atoms with Crippen LogP contribution < -0.4 is 19.6 Å². The van der Waals surface area contributed by atoms with Crippen molar-refractivity contribution in [1.82, 2.24) is 20.4 Å². The number of hydrogen-bond donors (Lipinski definition) is 1. The van der Waals surface area contributed by atoms with Crippen LogP contribution in [0.5, 0.6) is 23.5 Å². The van der Waals surface area contributed by atoms with Gasteiger partial charge < -0.3 is 18.9 Å². The number of carbonyl (C=O) groups is 1. The summed E-state index contributed by atoms with van der Waals surface area (Å²) in [5.41, 5.74) is 3.32. The molecule has 150 valence electrons. The van der Waals surface area contributed by atoms with Gasteiger partial charge in [0.1, 0.15) is 5.75 Å². The molecular weight excluding hydrogens is 364 g/mol. The molecule has 1 atom stereocenters. The summed E-state index contributed by atoms with van der Waals surface area (Å²) in [5, 5.41) is 1.91. The van der Waals surface area contributed by atoms with Crippen LogP contribution in [0, 0.1) is 0 Å². The Morgan fingerprint density at radius 1 is 1.18 bits per heavy atom. The second-order valence-corrected chi connectivity index (χ2v) is 6.22. The molecule has 0 bridgehead atoms. The van der Waals surface area contributed by atoms with Crippen molar-refractivity contribution in [3.63, 3.8) is 0 Å². The van der Waals surface area contributed by atoms with Crippen molar-refractivity contribution in [3.05, 3.63) is 35.9 Å². The predicted molar refractivity (Wildman–Crippen MR) is 101 cm³/mol. The number of rotatable bonds is 8. The van der Waals surface area contributed by atoms with Crippen molar-refractivity contribution in [2.24, 2.45) is 0 Å². The number of hydrazine groups is 1. The largest absolute Gasteiger partial charge is 0.481 e. The fourth-order valence-corrected chi connectivity index (χ4v) is 3.02. The van der Waals surface area contributed by atoms with E-state index in [0.29, 0.717) is 29.7 Å². The lowest BCUT2D eigenvalue weighted by Gasteiger charge is -2.24. The van der Waals surface area contributed by atoms with E-state index in [2.05, 4.69) is 15.4 Å². The monoisotopic (exact) mass is 388 g/mol. The number of para-hydroxylation sites is 1. The molecule has 1 aromatic heterocycles. The normalized spacial score (nSPS) is 16.6. The number of methoxy groups -OCH3 is 3. The van der Waals surface area contributed by atoms with Gasteiger partial charge in [0, 0.05) is 13.7 Å². The first kappa shape index (κ1) is 19.8. The van der Waals surface area contributed by atoms with Gasteiger partial charge in [0.15, 0.2) is 0 Å². The smallest absolute Gasteiger partial charge is 0.328 e. The first-order chi connectivity index (χ1) is 13.6. The molecule has 9 heteroatoms. The van der Waals surface area contributed by atoms with E-state index in [0.717, 1.165) is 19.4 Å². The Bertz CT molecular complexity index is 794. The van der Waals surface area contributed by atoms with Crippen LogP contribution in [-0.4, -0.2) is 61.4 Å². The van der Waals surface area contributed by atoms with Gasteiger partial charge in [-0.25, -0.2) is 5.01 Å². The fraction of sp³-hybridized carbons (Fsp3) is 0.421. The zero-order valence-corrected chi connectivity index (χ0v) is 16.2. The zero-order chi connectivity index (χ0) is 19.9. The number of hydrogen-bond acceptors (Lipinski definition) is 8. The maximum Gasteiger partial charge on any atom is 0.328 e. The maximum atomic E-state index is 12.8. The van der Waals surface area contributed by atoms with Gasteiger partial charge in [-0.3, -0.25) is 10.2 Å². The number of nitrogens with zero attached hydrogens (tertiary/aromatic N) is 3. The molecule has 1 unspecified atom stereocenters. The van der Waals surface area contributed by atoms with Gasteiger partial charge in [-0.2, -0.15) is 9.97 Å². The van der Waals surface area contributed by atoms with Gasteiger partial charge in [-0.15, -0.1) is 0 Å². The van der Waals surface area contributed by atoms with E-state index < -0.39 is 0 Å². The molecule has 0 spiro atoms. The maximum absolute atomic E-state index is 12.8. The average molecular weight is 388 g/mol. The topological polar surface area (TPSA) is 95.0 Å². The number of ether oxygens (including phenoxy) is 4. The van der Waals surface area contributed by atoms with Crippen molar-refractivity contribution in [2.45, 2.75) is 18.9 Å². The molecule has 1 aromatic carbocycles. The van der Waals surface area contributed by atoms with E-state index >= 15 is 0 Å². The first-order valence-corrected chi connectivity index (χ1v) is 8.95. The fourth-order valence-electron chi connectivity index (χ4n) is 3.02. The van der Waals surface area contributed by atoms with E-state index in [1.165, 1.54) is 20.3 Å². The molecule has 0 radical (unpaired) electrons. The summed E-state index contributed by atoms with van der Waals surface area (Å²) in [5.74, 6) is 0.651. The van der Waals surface area contributed by atoms with E-state index in [1.807, 2.05) is 5.01 Å². The van der Waals surface area contributed by atoms with Gasteiger partial charge in [0.05, 0.1) is 38.5 Å². The molecule has 28 heavy (non-hydrogen) atoms. The molecule has 0 saturated carbocycles. The molecule has 1 amide bonds. The van der Waals surface area contributed by atoms with E-state index in [4.69, 9.17) is 18.9 Å². The molecule has 1 aliphatic rings. The molecule has 1 N–H and O–H groups in total. The zero-order valence-electron chi connectivity index (χ0n) is 16.2. The summed E-state index contributed by atoms with van der Waals surface area (Å²) in [4.78, 5) is 21.1. The minimum absolute atomic E-state index is 0.0230. The number of nitrogens with one attached hydrogen (secondary N) is 1. The van der Waals surface area contributed by atoms with Crippen LogP contribution in [0.2, 0.25) is 0 Å². The van der Waals surface area contributed by atoms with Crippen LogP contribution >= 0.6 is 0 Å². The Balaban J connectivity index is 1.78. The van der Waals surface area contributed by atoms with E-state index in [-0.39, 0.29) is 18.0 Å². The molecule has 2 heterocycles. The van der Waals surface area contributed by atoms with Gasteiger partial charge in [-0.1, -0.05) is 12.1 Å². The minimum Gasteiger partial charge on any atom is -0.481 e. The highest BCUT2D eigenvalue weighted by Crippen LogP contribution is 2.27. The van der Waals surface area contributed by atoms with E-state index in [1.54, 1.807) is 31.4 Å². The highest BCUT2D eigenvalue weighted by atomic mass is 16.5. The van der Waals surface area contributed by atoms with Crippen molar-refractivity contribution in [3.8, 4) is 23.5 Å². The average Bonchev–Trinajstić information content (AvgIpc) is 3.15. The molecule has 1 aliphatic heterocycles. The van der Waals surface area contributed by atoms with Crippen molar-refractivity contribution < 1.29 is 23.7 Å². The van der Waals surface area contributed by atoms with Crippen LogP contribution in [0.25, 0.3) is 0 Å². The van der Waals surface area contributed by atoms with Crippen molar-refractivity contribution in [2.75, 3.05) is 34.5 Å². The summed E-state index contributed by atoms with van der Waals surface area (Å²) >= 11 is 0. The minimum atomic E-state index is -0.270. The van der Waals surface area contributed by atoms with Crippen LogP contribution in [0.1, 0.15) is 23.2 Å². The summed E-state index contributed by atoms with van der Waals surface area (Å²) in [6, 6.07) is 8.63. The summed E-state index contributed by atoms with van der Waals surface area (Å²) in [7, 11) is 4.63. The molecule has 1 saturated heterocycles. The standard InChI is InChI=1S/C19H24N4O5/c1-25-12-13-7-6-10-23(13)22-18(24)14-8-4-5-9-15(14)28-19-20-16(26-2)11-17(21-19)27-3/h4-5,8-9,11,13H,6-7,10,12H2,1-3H3,(H,22,24). The SMILES string of the molecule is COCC1CCCN1NC(=O)c1ccccc1Oc1nc(OC)cc(OC)n1. The molecule has 3 rings (SSSR count). The van der Waals surface area contributed by atoms with Gasteiger partial charge in [-0.05, 0) is 25.0 Å². The highest BCUT2D eigenvalue weighted by molar-refractivity contribution is 5.96. The molecule has 2 aromatic rings. The van der Waals surface area contributed by atoms with Crippen LogP contribution in [0.3, 0.4) is 0 Å². The Morgan fingerprint density at radius 3 is 2.57 bits per heavy atom. The second-order valence-electron chi connectivity index (χ2n) is 6.22. The summed E-state index contributed by atoms with van der Waals surface area (Å²) < 4.78 is 21.3. The van der Waals surface area contributed by atoms with Crippen molar-refractivity contribution >= 4 is 5.91 Å². The van der Waals surface area contributed by atoms with Crippen LogP contribution in [0.4, 0.5) is 0 Å². The van der Waals surface area contributed by atoms with Gasteiger partial charge in [0.25, 0.3) is 5.91 Å². The Kier molecular flexibility index (Phi) is 6.62. The van der Waals surface area contributed by atoms with Gasteiger partial charge >= 0.3 is 6.01 Å². The number of carbonyl (C=O) groups excluding carboxylic acids is 1. The van der Waals surface area contributed by atoms with Crippen LogP contribution in [0.15, 0.2) is 30.3 Å². The number of amides is 1. The second kappa shape index (κ2) is 9.34. The summed E-state index contributed by atoms with van der Waals surface area (Å²) in [6.07, 6.45) is 1.98. The van der Waals surface area contributed by atoms with Gasteiger partial charge in [0.2, 0.25) is 11.8 Å². The predicted octanol–water partition coefficient (Wildman–Crippen LogP) is 2.04. The molecule has 9 nitrogen and oxygen atoms in total. The van der Waals surface area contributed by atoms with Crippen molar-refractivity contribution in [1.29, 1.82) is 0 Å².